The predicted molar refractivity (Wildman–Crippen MR) is 232 cm³/mol. The van der Waals surface area contributed by atoms with Crippen molar-refractivity contribution in [3.8, 4) is 0 Å². The molecule has 3 N–H and O–H groups in total. The van der Waals surface area contributed by atoms with Gasteiger partial charge in [-0.15, -0.1) is 0 Å². The van der Waals surface area contributed by atoms with E-state index in [0.717, 1.165) is 51.4 Å². The number of rotatable bonds is 38. The van der Waals surface area contributed by atoms with Gasteiger partial charge < -0.3 is 24.6 Å². The van der Waals surface area contributed by atoms with Crippen LogP contribution in [0, 0.1) is 0 Å². The van der Waals surface area contributed by atoms with Crippen molar-refractivity contribution in [2.75, 3.05) is 26.4 Å². The molecule has 324 valence electrons. The maximum Gasteiger partial charge on any atom is 0.472 e. The average molecular weight is 819 g/mol. The monoisotopic (exact) mass is 819 g/mol. The van der Waals surface area contributed by atoms with E-state index in [9.17, 15) is 29.3 Å². The molecule has 0 rings (SSSR count). The van der Waals surface area contributed by atoms with E-state index < -0.39 is 58.4 Å². The van der Waals surface area contributed by atoms with Gasteiger partial charge in [-0.3, -0.25) is 18.6 Å². The first-order valence-electron chi connectivity index (χ1n) is 21.2. The third-order valence-electron chi connectivity index (χ3n) is 8.27. The number of phosphoric ester groups is 1. The Labute approximate surface area is 344 Å². The lowest BCUT2D eigenvalue weighted by Crippen LogP contribution is -2.28. The molecular formula is C46H75O10P. The molecule has 0 amide bonds. The Balaban J connectivity index is 4.12. The third kappa shape index (κ3) is 39.5. The molecule has 11 heteroatoms. The van der Waals surface area contributed by atoms with Crippen LogP contribution in [0.25, 0.3) is 0 Å². The highest BCUT2D eigenvalue weighted by molar-refractivity contribution is 7.47. The van der Waals surface area contributed by atoms with Crippen LogP contribution in [0.3, 0.4) is 0 Å². The van der Waals surface area contributed by atoms with Gasteiger partial charge in [0.2, 0.25) is 0 Å². The zero-order valence-corrected chi connectivity index (χ0v) is 35.9. The second-order valence-electron chi connectivity index (χ2n) is 13.6. The van der Waals surface area contributed by atoms with Crippen LogP contribution in [0.2, 0.25) is 0 Å². The van der Waals surface area contributed by atoms with Crippen molar-refractivity contribution in [3.63, 3.8) is 0 Å². The molecule has 0 radical (unpaired) electrons. The summed E-state index contributed by atoms with van der Waals surface area (Å²) in [5, 5.41) is 19.1. The zero-order chi connectivity index (χ0) is 41.9. The smallest absolute Gasteiger partial charge is 0.457 e. The van der Waals surface area contributed by atoms with Crippen molar-refractivity contribution >= 4 is 19.8 Å². The summed E-state index contributed by atoms with van der Waals surface area (Å²) in [4.78, 5) is 34.4. The van der Waals surface area contributed by atoms with E-state index in [1.165, 1.54) is 38.5 Å². The molecule has 0 saturated heterocycles. The summed E-state index contributed by atoms with van der Waals surface area (Å²) in [5.74, 6) is -1.14. The van der Waals surface area contributed by atoms with Gasteiger partial charge in [-0.2, -0.15) is 0 Å². The highest BCUT2D eigenvalue weighted by atomic mass is 31.2. The highest BCUT2D eigenvalue weighted by Gasteiger charge is 2.27. The Hall–Kier alpha value is -3.11. The van der Waals surface area contributed by atoms with Gasteiger partial charge >= 0.3 is 19.8 Å². The number of phosphoric acid groups is 1. The molecule has 0 saturated carbocycles. The summed E-state index contributed by atoms with van der Waals surface area (Å²) < 4.78 is 32.4. The van der Waals surface area contributed by atoms with Crippen molar-refractivity contribution in [1.82, 2.24) is 0 Å². The fraction of sp³-hybridized carbons (Fsp3) is 0.609. The molecule has 57 heavy (non-hydrogen) atoms. The van der Waals surface area contributed by atoms with Crippen molar-refractivity contribution < 1.29 is 47.8 Å². The quantitative estimate of drug-likeness (QED) is 0.0238. The van der Waals surface area contributed by atoms with Gasteiger partial charge in [0.1, 0.15) is 12.2 Å². The number of carbonyl (C=O) groups is 2. The van der Waals surface area contributed by atoms with Gasteiger partial charge in [-0.05, 0) is 89.9 Å². The van der Waals surface area contributed by atoms with E-state index >= 15 is 0 Å². The first kappa shape index (κ1) is 53.9. The van der Waals surface area contributed by atoms with E-state index in [1.54, 1.807) is 0 Å². The van der Waals surface area contributed by atoms with Crippen LogP contribution >= 0.6 is 7.82 Å². The maximum absolute atomic E-state index is 12.3. The molecule has 0 aromatic heterocycles. The van der Waals surface area contributed by atoms with Crippen molar-refractivity contribution in [3.05, 3.63) is 97.2 Å². The van der Waals surface area contributed by atoms with Crippen LogP contribution in [0.4, 0.5) is 0 Å². The molecule has 0 bridgehead atoms. The van der Waals surface area contributed by atoms with Crippen LogP contribution in [-0.2, 0) is 32.7 Å². The summed E-state index contributed by atoms with van der Waals surface area (Å²) in [5.41, 5.74) is 0. The lowest BCUT2D eigenvalue weighted by Gasteiger charge is -2.20. The van der Waals surface area contributed by atoms with Gasteiger partial charge in [-0.1, -0.05) is 137 Å². The number of carbonyl (C=O) groups excluding carboxylic acids is 2. The SMILES string of the molecule is CCCCC/C=C\C/C=C\C/C=C\C/C=C\CCCC(=O)O[C@@H](CO)COP(=O)(O)OC[C@H](CO)OC(=O)CCC/C=C\C/C=C\C/C=C\C/C=C\CCCCC. The number of aliphatic hydroxyl groups excluding tert-OH is 2. The molecule has 0 aliphatic heterocycles. The largest absolute Gasteiger partial charge is 0.472 e. The lowest BCUT2D eigenvalue weighted by molar-refractivity contribution is -0.153. The van der Waals surface area contributed by atoms with Gasteiger partial charge in [-0.25, -0.2) is 4.57 Å². The minimum Gasteiger partial charge on any atom is -0.457 e. The Morgan fingerprint density at radius 1 is 0.474 bits per heavy atom. The molecule has 0 aliphatic carbocycles. The summed E-state index contributed by atoms with van der Waals surface area (Å²) in [6, 6.07) is 0. The Morgan fingerprint density at radius 3 is 1.04 bits per heavy atom. The summed E-state index contributed by atoms with van der Waals surface area (Å²) in [7, 11) is -4.67. The Kier molecular flexibility index (Phi) is 38.8. The topological polar surface area (TPSA) is 149 Å². The molecule has 10 nitrogen and oxygen atoms in total. The number of allylic oxidation sites excluding steroid dienone is 16. The fourth-order valence-electron chi connectivity index (χ4n) is 4.98. The number of hydrogen-bond donors (Lipinski definition) is 3. The van der Waals surface area contributed by atoms with Gasteiger partial charge in [0.05, 0.1) is 26.4 Å². The number of hydrogen-bond acceptors (Lipinski definition) is 9. The van der Waals surface area contributed by atoms with E-state index in [4.69, 9.17) is 18.5 Å². The molecule has 0 unspecified atom stereocenters. The molecule has 0 heterocycles. The number of aliphatic hydroxyl groups is 2. The van der Waals surface area contributed by atoms with Crippen LogP contribution in [0.1, 0.15) is 142 Å². The first-order chi connectivity index (χ1) is 27.8. The molecule has 0 aliphatic rings. The summed E-state index contributed by atoms with van der Waals surface area (Å²) in [6.45, 7) is 2.00. The number of ether oxygens (including phenoxy) is 2. The van der Waals surface area contributed by atoms with Gasteiger partial charge in [0, 0.05) is 12.8 Å². The standard InChI is InChI=1S/C46H75O10P/c1-3-5-7-9-11-13-15-17-19-21-23-25-27-29-31-33-35-37-45(49)55-43(39-47)41-53-57(51,52)54-42-44(40-48)56-46(50)38-36-34-32-30-28-26-24-22-20-18-16-14-12-10-8-6-4-2/h11-14,17-20,23-26,29-32,43-44,47-48H,3-10,15-16,21-22,27-28,33-42H2,1-2H3,(H,51,52)/b13-11-,14-12-,19-17-,20-18-,25-23-,26-24-,31-29-,32-30-/t43-,44-/m0/s1. The van der Waals surface area contributed by atoms with Crippen molar-refractivity contribution in [2.45, 2.75) is 154 Å². The van der Waals surface area contributed by atoms with Gasteiger partial charge in [0.25, 0.3) is 0 Å². The number of esters is 2. The zero-order valence-electron chi connectivity index (χ0n) is 35.0. The van der Waals surface area contributed by atoms with Crippen LogP contribution in [0.15, 0.2) is 97.2 Å². The van der Waals surface area contributed by atoms with Crippen LogP contribution in [0.5, 0.6) is 0 Å². The van der Waals surface area contributed by atoms with Crippen molar-refractivity contribution in [2.24, 2.45) is 0 Å². The normalized spacial score (nSPS) is 14.0. The van der Waals surface area contributed by atoms with Crippen LogP contribution < -0.4 is 0 Å². The minimum atomic E-state index is -4.67. The predicted octanol–water partition coefficient (Wildman–Crippen LogP) is 11.2. The second kappa shape index (κ2) is 41.1. The minimum absolute atomic E-state index is 0.106. The van der Waals surface area contributed by atoms with E-state index in [-0.39, 0.29) is 12.8 Å². The molecule has 2 atom stereocenters. The highest BCUT2D eigenvalue weighted by Crippen LogP contribution is 2.43. The molecule has 0 fully saturated rings. The lowest BCUT2D eigenvalue weighted by atomic mass is 10.2. The first-order valence-corrected chi connectivity index (χ1v) is 22.7. The van der Waals surface area contributed by atoms with E-state index in [0.29, 0.717) is 25.7 Å². The fourth-order valence-corrected chi connectivity index (χ4v) is 5.76. The molecular weight excluding hydrogens is 743 g/mol. The molecule has 0 aromatic carbocycles. The Morgan fingerprint density at radius 2 is 0.754 bits per heavy atom. The molecule has 0 aromatic rings. The molecule has 0 spiro atoms. The van der Waals surface area contributed by atoms with E-state index in [2.05, 4.69) is 86.8 Å². The van der Waals surface area contributed by atoms with Gasteiger partial charge in [0.15, 0.2) is 0 Å². The number of unbranched alkanes of at least 4 members (excludes halogenated alkanes) is 8. The van der Waals surface area contributed by atoms with E-state index in [1.807, 2.05) is 24.3 Å². The van der Waals surface area contributed by atoms with Crippen LogP contribution in [-0.4, -0.2) is 65.7 Å². The average Bonchev–Trinajstić information content (AvgIpc) is 3.20. The maximum atomic E-state index is 12.3. The Bertz CT molecular complexity index is 1170. The third-order valence-corrected chi connectivity index (χ3v) is 9.22. The van der Waals surface area contributed by atoms with Crippen molar-refractivity contribution in [1.29, 1.82) is 0 Å². The summed E-state index contributed by atoms with van der Waals surface area (Å²) >= 11 is 0. The second-order valence-corrected chi connectivity index (χ2v) is 15.1. The summed E-state index contributed by atoms with van der Waals surface area (Å²) in [6.07, 6.45) is 49.6.